The number of nitro benzene ring substituents is 1. The second kappa shape index (κ2) is 3.48. The first-order valence-corrected chi connectivity index (χ1v) is 5.53. The SMILES string of the molecule is O=[N+]([O-])c1ccc2c(c1)OC1(C=CCCC1)O2. The van der Waals surface area contributed by atoms with E-state index in [0.29, 0.717) is 11.5 Å². The lowest BCUT2D eigenvalue weighted by Crippen LogP contribution is -2.37. The number of nitro groups is 1. The third-order valence-electron chi connectivity index (χ3n) is 2.97. The first-order chi connectivity index (χ1) is 8.19. The number of ether oxygens (including phenoxy) is 2. The van der Waals surface area contributed by atoms with Crippen LogP contribution in [0.2, 0.25) is 0 Å². The van der Waals surface area contributed by atoms with Crippen LogP contribution in [-0.2, 0) is 0 Å². The van der Waals surface area contributed by atoms with E-state index in [1.807, 2.05) is 12.2 Å². The van der Waals surface area contributed by atoms with Gasteiger partial charge in [-0.2, -0.15) is 0 Å². The molecule has 1 heterocycles. The summed E-state index contributed by atoms with van der Waals surface area (Å²) in [6.07, 6.45) is 6.69. The lowest BCUT2D eigenvalue weighted by atomic mass is 10.0. The summed E-state index contributed by atoms with van der Waals surface area (Å²) in [5, 5.41) is 10.7. The van der Waals surface area contributed by atoms with Crippen LogP contribution >= 0.6 is 0 Å². The Bertz CT molecular complexity index is 511. The molecule has 0 fully saturated rings. The standard InChI is InChI=1S/C12H11NO4/c14-13(15)9-4-5-10-11(8-9)17-12(16-10)6-2-1-3-7-12/h2,4-6,8H,1,3,7H2. The first-order valence-electron chi connectivity index (χ1n) is 5.53. The average Bonchev–Trinajstić information content (AvgIpc) is 2.66. The predicted octanol–water partition coefficient (Wildman–Crippen LogP) is 2.80. The molecule has 2 aliphatic rings. The van der Waals surface area contributed by atoms with Gasteiger partial charge in [0.1, 0.15) is 0 Å². The third-order valence-corrected chi connectivity index (χ3v) is 2.97. The maximum Gasteiger partial charge on any atom is 0.273 e. The monoisotopic (exact) mass is 233 g/mol. The molecule has 0 saturated carbocycles. The molecule has 0 N–H and O–H groups in total. The summed E-state index contributed by atoms with van der Waals surface area (Å²) in [4.78, 5) is 10.2. The van der Waals surface area contributed by atoms with Crippen molar-refractivity contribution < 1.29 is 14.4 Å². The zero-order chi connectivity index (χ0) is 11.9. The van der Waals surface area contributed by atoms with E-state index in [4.69, 9.17) is 9.47 Å². The van der Waals surface area contributed by atoms with Gasteiger partial charge in [-0.25, -0.2) is 0 Å². The molecule has 0 bridgehead atoms. The van der Waals surface area contributed by atoms with Gasteiger partial charge in [0.2, 0.25) is 0 Å². The van der Waals surface area contributed by atoms with Crippen LogP contribution in [0.3, 0.4) is 0 Å². The summed E-state index contributed by atoms with van der Waals surface area (Å²) in [6, 6.07) is 4.42. The molecule has 1 aliphatic carbocycles. The summed E-state index contributed by atoms with van der Waals surface area (Å²) >= 11 is 0. The van der Waals surface area contributed by atoms with Gasteiger partial charge < -0.3 is 9.47 Å². The number of hydrogen-bond acceptors (Lipinski definition) is 4. The van der Waals surface area contributed by atoms with E-state index in [2.05, 4.69) is 0 Å². The number of hydrogen-bond donors (Lipinski definition) is 0. The molecule has 1 aliphatic heterocycles. The van der Waals surface area contributed by atoms with Crippen LogP contribution in [0.5, 0.6) is 11.5 Å². The summed E-state index contributed by atoms with van der Waals surface area (Å²) < 4.78 is 11.5. The molecular formula is C12H11NO4. The highest BCUT2D eigenvalue weighted by Gasteiger charge is 2.40. The van der Waals surface area contributed by atoms with Gasteiger partial charge in [0, 0.05) is 12.5 Å². The van der Waals surface area contributed by atoms with Gasteiger partial charge in [-0.15, -0.1) is 0 Å². The van der Waals surface area contributed by atoms with Crippen molar-refractivity contribution in [2.75, 3.05) is 0 Å². The molecule has 1 aromatic carbocycles. The van der Waals surface area contributed by atoms with Gasteiger partial charge in [-0.1, -0.05) is 6.08 Å². The van der Waals surface area contributed by atoms with Crippen LogP contribution in [0.1, 0.15) is 19.3 Å². The number of non-ortho nitro benzene ring substituents is 1. The molecule has 0 amide bonds. The van der Waals surface area contributed by atoms with Crippen molar-refractivity contribution in [3.05, 3.63) is 40.5 Å². The zero-order valence-electron chi connectivity index (χ0n) is 9.09. The van der Waals surface area contributed by atoms with E-state index in [-0.39, 0.29) is 5.69 Å². The Morgan fingerprint density at radius 1 is 1.29 bits per heavy atom. The Morgan fingerprint density at radius 3 is 2.82 bits per heavy atom. The minimum atomic E-state index is -0.740. The van der Waals surface area contributed by atoms with Gasteiger partial charge in [0.25, 0.3) is 11.5 Å². The van der Waals surface area contributed by atoms with E-state index >= 15 is 0 Å². The highest BCUT2D eigenvalue weighted by atomic mass is 16.7. The normalized spacial score (nSPS) is 25.2. The first kappa shape index (κ1) is 10.1. The second-order valence-electron chi connectivity index (χ2n) is 4.20. The fraction of sp³-hybridized carbons (Fsp3) is 0.333. The lowest BCUT2D eigenvalue weighted by molar-refractivity contribution is -0.384. The number of rotatable bonds is 1. The predicted molar refractivity (Wildman–Crippen MR) is 60.1 cm³/mol. The summed E-state index contributed by atoms with van der Waals surface area (Å²) in [5.74, 6) is 0.281. The molecular weight excluding hydrogens is 222 g/mol. The fourth-order valence-corrected chi connectivity index (χ4v) is 2.15. The molecule has 0 radical (unpaired) electrons. The quantitative estimate of drug-likeness (QED) is 0.425. The molecule has 5 heteroatoms. The molecule has 5 nitrogen and oxygen atoms in total. The van der Waals surface area contributed by atoms with E-state index < -0.39 is 10.7 Å². The Labute approximate surface area is 97.8 Å². The molecule has 88 valence electrons. The Balaban J connectivity index is 1.95. The molecule has 17 heavy (non-hydrogen) atoms. The number of fused-ring (bicyclic) bond motifs is 1. The number of allylic oxidation sites excluding steroid dienone is 1. The molecule has 3 rings (SSSR count). The minimum absolute atomic E-state index is 0.0178. The van der Waals surface area contributed by atoms with Crippen molar-refractivity contribution in [2.24, 2.45) is 0 Å². The fourth-order valence-electron chi connectivity index (χ4n) is 2.15. The van der Waals surface area contributed by atoms with Crippen LogP contribution in [0, 0.1) is 10.1 Å². The molecule has 1 aromatic rings. The highest BCUT2D eigenvalue weighted by Crippen LogP contribution is 2.44. The van der Waals surface area contributed by atoms with Crippen molar-refractivity contribution in [3.8, 4) is 11.5 Å². The van der Waals surface area contributed by atoms with Crippen LogP contribution in [-0.4, -0.2) is 10.7 Å². The Hall–Kier alpha value is -2.04. The van der Waals surface area contributed by atoms with Gasteiger partial charge in [-0.3, -0.25) is 10.1 Å². The van der Waals surface area contributed by atoms with Gasteiger partial charge in [-0.05, 0) is 25.0 Å². The van der Waals surface area contributed by atoms with Crippen LogP contribution < -0.4 is 9.47 Å². The van der Waals surface area contributed by atoms with E-state index in [1.165, 1.54) is 12.1 Å². The zero-order valence-corrected chi connectivity index (χ0v) is 9.09. The summed E-state index contributed by atoms with van der Waals surface area (Å²) in [7, 11) is 0. The van der Waals surface area contributed by atoms with Crippen LogP contribution in [0.25, 0.3) is 0 Å². The smallest absolute Gasteiger partial charge is 0.273 e. The van der Waals surface area contributed by atoms with Gasteiger partial charge in [0.15, 0.2) is 11.5 Å². The Kier molecular flexibility index (Phi) is 2.07. The van der Waals surface area contributed by atoms with Crippen molar-refractivity contribution in [1.82, 2.24) is 0 Å². The van der Waals surface area contributed by atoms with Gasteiger partial charge >= 0.3 is 0 Å². The van der Waals surface area contributed by atoms with E-state index in [0.717, 1.165) is 19.3 Å². The van der Waals surface area contributed by atoms with E-state index in [9.17, 15) is 10.1 Å². The van der Waals surface area contributed by atoms with Crippen LogP contribution in [0.4, 0.5) is 5.69 Å². The van der Waals surface area contributed by atoms with Gasteiger partial charge in [0.05, 0.1) is 11.0 Å². The third kappa shape index (κ3) is 1.63. The van der Waals surface area contributed by atoms with Crippen molar-refractivity contribution in [2.45, 2.75) is 25.0 Å². The Morgan fingerprint density at radius 2 is 2.12 bits per heavy atom. The lowest BCUT2D eigenvalue weighted by Gasteiger charge is -2.26. The van der Waals surface area contributed by atoms with Crippen molar-refractivity contribution in [3.63, 3.8) is 0 Å². The minimum Gasteiger partial charge on any atom is -0.445 e. The molecule has 1 spiro atoms. The largest absolute Gasteiger partial charge is 0.445 e. The number of nitrogens with zero attached hydrogens (tertiary/aromatic N) is 1. The second-order valence-corrected chi connectivity index (χ2v) is 4.20. The number of benzene rings is 1. The summed E-state index contributed by atoms with van der Waals surface area (Å²) in [5.41, 5.74) is 0.0178. The molecule has 1 atom stereocenters. The average molecular weight is 233 g/mol. The molecule has 0 saturated heterocycles. The molecule has 0 aromatic heterocycles. The maximum atomic E-state index is 10.7. The molecule has 1 unspecified atom stereocenters. The van der Waals surface area contributed by atoms with E-state index in [1.54, 1.807) is 6.07 Å². The van der Waals surface area contributed by atoms with Crippen molar-refractivity contribution in [1.29, 1.82) is 0 Å². The maximum absolute atomic E-state index is 10.7. The van der Waals surface area contributed by atoms with Crippen LogP contribution in [0.15, 0.2) is 30.4 Å². The summed E-state index contributed by atoms with van der Waals surface area (Å²) in [6.45, 7) is 0. The van der Waals surface area contributed by atoms with Crippen molar-refractivity contribution >= 4 is 5.69 Å². The highest BCUT2D eigenvalue weighted by molar-refractivity contribution is 5.51. The topological polar surface area (TPSA) is 61.6 Å².